The van der Waals surface area contributed by atoms with Gasteiger partial charge >= 0.3 is 11.9 Å². The third-order valence-electron chi connectivity index (χ3n) is 3.96. The predicted molar refractivity (Wildman–Crippen MR) is 94.3 cm³/mol. The molecular formula is C16H16N2O6S2. The topological polar surface area (TPSA) is 113 Å². The fraction of sp³-hybridized carbons (Fsp3) is 0.375. The van der Waals surface area contributed by atoms with Crippen molar-refractivity contribution in [3.63, 3.8) is 0 Å². The van der Waals surface area contributed by atoms with Crippen molar-refractivity contribution >= 4 is 46.9 Å². The van der Waals surface area contributed by atoms with Gasteiger partial charge in [-0.1, -0.05) is 0 Å². The second-order valence-corrected chi connectivity index (χ2v) is 7.69. The molecule has 1 fully saturated rings. The molecule has 1 saturated heterocycles. The van der Waals surface area contributed by atoms with Crippen LogP contribution in [0.5, 0.6) is 0 Å². The Balaban J connectivity index is 1.69. The fourth-order valence-corrected chi connectivity index (χ4v) is 4.78. The van der Waals surface area contributed by atoms with Crippen molar-refractivity contribution in [3.05, 3.63) is 33.7 Å². The van der Waals surface area contributed by atoms with Crippen LogP contribution in [0.4, 0.5) is 0 Å². The number of amides is 2. The van der Waals surface area contributed by atoms with Crippen LogP contribution in [0.3, 0.4) is 0 Å². The van der Waals surface area contributed by atoms with E-state index in [-0.39, 0.29) is 24.6 Å². The number of carboxylic acids is 1. The molecule has 8 nitrogen and oxygen atoms in total. The molecule has 10 heteroatoms. The Kier molecular flexibility index (Phi) is 5.33. The van der Waals surface area contributed by atoms with Gasteiger partial charge < -0.3 is 15.2 Å². The highest BCUT2D eigenvalue weighted by atomic mass is 32.2. The molecule has 0 aliphatic carbocycles. The summed E-state index contributed by atoms with van der Waals surface area (Å²) in [6, 6.07) is 1.08. The zero-order valence-corrected chi connectivity index (χ0v) is 15.4. The molecule has 0 saturated carbocycles. The van der Waals surface area contributed by atoms with Crippen LogP contribution < -0.4 is 5.32 Å². The number of carboxylic acid groups (broad SMARTS) is 1. The van der Waals surface area contributed by atoms with Crippen LogP contribution in [0, 0.1) is 0 Å². The molecule has 0 unspecified atom stereocenters. The number of ether oxygens (including phenoxy) is 1. The maximum absolute atomic E-state index is 12.4. The number of β-lactam (4-membered cyclic amide) rings is 1. The Morgan fingerprint density at radius 1 is 1.42 bits per heavy atom. The van der Waals surface area contributed by atoms with Gasteiger partial charge in [0.25, 0.3) is 5.91 Å². The number of carbonyl (C=O) groups is 4. The number of nitrogens with one attached hydrogen (secondary N) is 1. The van der Waals surface area contributed by atoms with E-state index in [2.05, 4.69) is 5.32 Å². The molecule has 1 aromatic heterocycles. The number of carbonyl (C=O) groups excluding carboxylic acids is 3. The SMILES string of the molecule is CC(=O)OCC1=C(C(=O)O)N2C(=O)[C@@H](NC(=O)Cc3ccsc3)[C@H]2SC1. The maximum atomic E-state index is 12.4. The number of thiophene rings is 1. The summed E-state index contributed by atoms with van der Waals surface area (Å²) in [5.41, 5.74) is 1.07. The van der Waals surface area contributed by atoms with E-state index in [4.69, 9.17) is 4.74 Å². The summed E-state index contributed by atoms with van der Waals surface area (Å²) in [4.78, 5) is 48.3. The molecule has 2 aliphatic rings. The van der Waals surface area contributed by atoms with E-state index >= 15 is 0 Å². The molecule has 2 N–H and O–H groups in total. The number of nitrogens with zero attached hydrogens (tertiary/aromatic N) is 1. The van der Waals surface area contributed by atoms with Crippen molar-refractivity contribution in [1.82, 2.24) is 10.2 Å². The number of rotatable bonds is 6. The van der Waals surface area contributed by atoms with Crippen molar-refractivity contribution in [2.75, 3.05) is 12.4 Å². The van der Waals surface area contributed by atoms with Gasteiger partial charge in [0, 0.05) is 18.2 Å². The van der Waals surface area contributed by atoms with E-state index in [1.165, 1.54) is 30.0 Å². The summed E-state index contributed by atoms with van der Waals surface area (Å²) in [5, 5.41) is 15.4. The summed E-state index contributed by atoms with van der Waals surface area (Å²) in [6.45, 7) is 1.06. The minimum atomic E-state index is -1.26. The second kappa shape index (κ2) is 7.50. The molecule has 26 heavy (non-hydrogen) atoms. The minimum Gasteiger partial charge on any atom is -0.477 e. The van der Waals surface area contributed by atoms with Crippen LogP contribution in [-0.4, -0.2) is 57.5 Å². The Morgan fingerprint density at radius 2 is 2.19 bits per heavy atom. The van der Waals surface area contributed by atoms with E-state index < -0.39 is 29.3 Å². The normalized spacial score (nSPS) is 21.7. The van der Waals surface area contributed by atoms with Crippen molar-refractivity contribution in [2.45, 2.75) is 24.8 Å². The van der Waals surface area contributed by atoms with Gasteiger partial charge in [-0.05, 0) is 22.4 Å². The molecule has 0 spiro atoms. The molecule has 2 aliphatic heterocycles. The lowest BCUT2D eigenvalue weighted by Crippen LogP contribution is -2.70. The highest BCUT2D eigenvalue weighted by Crippen LogP contribution is 2.40. The van der Waals surface area contributed by atoms with E-state index in [1.807, 2.05) is 16.8 Å². The summed E-state index contributed by atoms with van der Waals surface area (Å²) >= 11 is 2.82. The van der Waals surface area contributed by atoms with Crippen LogP contribution in [0.2, 0.25) is 0 Å². The molecule has 0 radical (unpaired) electrons. The van der Waals surface area contributed by atoms with Gasteiger partial charge in [0.05, 0.1) is 6.42 Å². The molecule has 3 heterocycles. The summed E-state index contributed by atoms with van der Waals surface area (Å²) < 4.78 is 4.87. The third kappa shape index (κ3) is 3.61. The minimum absolute atomic E-state index is 0.164. The van der Waals surface area contributed by atoms with Crippen LogP contribution >= 0.6 is 23.1 Å². The van der Waals surface area contributed by atoms with Crippen molar-refractivity contribution in [2.24, 2.45) is 0 Å². The lowest BCUT2D eigenvalue weighted by atomic mass is 10.0. The highest BCUT2D eigenvalue weighted by Gasteiger charge is 2.54. The molecular weight excluding hydrogens is 380 g/mol. The Hall–Kier alpha value is -2.33. The van der Waals surface area contributed by atoms with Gasteiger partial charge in [0.1, 0.15) is 23.7 Å². The number of aliphatic carboxylic acids is 1. The first-order valence-electron chi connectivity index (χ1n) is 7.72. The summed E-state index contributed by atoms with van der Waals surface area (Å²) in [6.07, 6.45) is 0.171. The van der Waals surface area contributed by atoms with E-state index in [0.29, 0.717) is 11.3 Å². The number of hydrogen-bond acceptors (Lipinski definition) is 7. The summed E-state index contributed by atoms with van der Waals surface area (Å²) in [5.74, 6) is -2.23. The fourth-order valence-electron chi connectivity index (χ4n) is 2.79. The zero-order chi connectivity index (χ0) is 18.8. The van der Waals surface area contributed by atoms with E-state index in [1.54, 1.807) is 0 Å². The maximum Gasteiger partial charge on any atom is 0.352 e. The standard InChI is InChI=1S/C16H16N2O6S2/c1-8(19)24-5-10-7-26-15-12(14(21)18(15)13(10)16(22)23)17-11(20)4-9-2-3-25-6-9/h2-3,6,12,15H,4-5,7H2,1H3,(H,17,20)(H,22,23)/t12-,15-/m1/s1. The number of thioether (sulfide) groups is 1. The first-order valence-corrected chi connectivity index (χ1v) is 9.71. The molecule has 0 aromatic carbocycles. The largest absolute Gasteiger partial charge is 0.477 e. The summed E-state index contributed by atoms with van der Waals surface area (Å²) in [7, 11) is 0. The van der Waals surface area contributed by atoms with Crippen molar-refractivity contribution in [1.29, 1.82) is 0 Å². The number of esters is 1. The molecule has 2 amide bonds. The van der Waals surface area contributed by atoms with Gasteiger partial charge in [0.15, 0.2) is 0 Å². The van der Waals surface area contributed by atoms with Gasteiger partial charge in [-0.3, -0.25) is 19.3 Å². The van der Waals surface area contributed by atoms with Crippen LogP contribution in [0.25, 0.3) is 0 Å². The quantitative estimate of drug-likeness (QED) is 0.534. The molecule has 2 atom stereocenters. The predicted octanol–water partition coefficient (Wildman–Crippen LogP) is 0.592. The highest BCUT2D eigenvalue weighted by molar-refractivity contribution is 8.00. The molecule has 1 aromatic rings. The average Bonchev–Trinajstić information content (AvgIpc) is 3.09. The third-order valence-corrected chi connectivity index (χ3v) is 6.03. The van der Waals surface area contributed by atoms with Gasteiger partial charge in [0.2, 0.25) is 5.91 Å². The Morgan fingerprint density at radius 3 is 2.81 bits per heavy atom. The zero-order valence-electron chi connectivity index (χ0n) is 13.8. The van der Waals surface area contributed by atoms with E-state index in [9.17, 15) is 24.3 Å². The molecule has 3 rings (SSSR count). The Labute approximate surface area is 157 Å². The van der Waals surface area contributed by atoms with Crippen molar-refractivity contribution in [3.8, 4) is 0 Å². The van der Waals surface area contributed by atoms with Crippen molar-refractivity contribution < 1.29 is 29.0 Å². The van der Waals surface area contributed by atoms with Gasteiger partial charge in [-0.25, -0.2) is 4.79 Å². The second-order valence-electron chi connectivity index (χ2n) is 5.80. The average molecular weight is 396 g/mol. The molecule has 0 bridgehead atoms. The first-order chi connectivity index (χ1) is 12.4. The lowest BCUT2D eigenvalue weighted by molar-refractivity contribution is -0.151. The van der Waals surface area contributed by atoms with Crippen LogP contribution in [-0.2, 0) is 30.3 Å². The first kappa shape index (κ1) is 18.5. The number of fused-ring (bicyclic) bond motifs is 1. The van der Waals surface area contributed by atoms with Crippen LogP contribution in [0.15, 0.2) is 28.1 Å². The van der Waals surface area contributed by atoms with Crippen LogP contribution in [0.1, 0.15) is 12.5 Å². The monoisotopic (exact) mass is 396 g/mol. The lowest BCUT2D eigenvalue weighted by Gasteiger charge is -2.49. The number of hydrogen-bond donors (Lipinski definition) is 2. The smallest absolute Gasteiger partial charge is 0.352 e. The molecule has 138 valence electrons. The van der Waals surface area contributed by atoms with Gasteiger partial charge in [-0.15, -0.1) is 11.8 Å². The van der Waals surface area contributed by atoms with E-state index in [0.717, 1.165) is 10.5 Å². The Bertz CT molecular complexity index is 789. The van der Waals surface area contributed by atoms with Gasteiger partial charge in [-0.2, -0.15) is 11.3 Å².